The highest BCUT2D eigenvalue weighted by atomic mass is 35.5. The summed E-state index contributed by atoms with van der Waals surface area (Å²) < 4.78 is 72.8. The van der Waals surface area contributed by atoms with E-state index in [1.807, 2.05) is 0 Å². The van der Waals surface area contributed by atoms with Crippen LogP contribution >= 0.6 is 23.2 Å². The second kappa shape index (κ2) is 8.80. The Labute approximate surface area is 203 Å². The second-order valence-electron chi connectivity index (χ2n) is 8.20. The lowest BCUT2D eigenvalue weighted by molar-refractivity contribution is -0.275. The number of carbonyl (C=O) groups is 1. The second-order valence-corrected chi connectivity index (χ2v) is 11.6. The summed E-state index contributed by atoms with van der Waals surface area (Å²) in [6.45, 7) is 1.60. The molecule has 2 aromatic rings. The molecule has 1 amide bonds. The third kappa shape index (κ3) is 4.43. The number of hydrogen-bond acceptors (Lipinski definition) is 4. The van der Waals surface area contributed by atoms with Gasteiger partial charge >= 0.3 is 6.18 Å². The maximum atomic E-state index is 14.2. The molecule has 0 radical (unpaired) electrons. The number of hydrogen-bond donors (Lipinski definition) is 0. The maximum absolute atomic E-state index is 14.2. The third-order valence-electron chi connectivity index (χ3n) is 5.85. The Bertz CT molecular complexity index is 1300. The van der Waals surface area contributed by atoms with Crippen LogP contribution in [0.15, 0.2) is 39.9 Å². The van der Waals surface area contributed by atoms with Gasteiger partial charge in [0.25, 0.3) is 11.5 Å². The number of alkyl halides is 3. The fourth-order valence-corrected chi connectivity index (χ4v) is 6.56. The molecule has 2 heterocycles. The molecule has 2 aliphatic rings. The highest BCUT2D eigenvalue weighted by Gasteiger charge is 2.62. The molecule has 1 fully saturated rings. The van der Waals surface area contributed by atoms with Gasteiger partial charge in [-0.15, -0.1) is 0 Å². The molecule has 34 heavy (non-hydrogen) atoms. The molecule has 0 aromatic heterocycles. The van der Waals surface area contributed by atoms with Crippen molar-refractivity contribution >= 4 is 44.5 Å². The molecular formula is C22H18Cl2F4N2O3S. The van der Waals surface area contributed by atoms with Crippen LogP contribution in [0.1, 0.15) is 46.3 Å². The Balaban J connectivity index is 1.66. The van der Waals surface area contributed by atoms with E-state index < -0.39 is 55.3 Å². The first-order valence-corrected chi connectivity index (χ1v) is 12.8. The highest BCUT2D eigenvalue weighted by molar-refractivity contribution is 7.94. The van der Waals surface area contributed by atoms with Crippen molar-refractivity contribution in [2.45, 2.75) is 38.0 Å². The van der Waals surface area contributed by atoms with Gasteiger partial charge in [0.05, 0.1) is 25.5 Å². The van der Waals surface area contributed by atoms with Gasteiger partial charge in [-0.2, -0.15) is 17.5 Å². The Morgan fingerprint density at radius 3 is 2.32 bits per heavy atom. The van der Waals surface area contributed by atoms with Gasteiger partial charge < -0.3 is 4.84 Å². The van der Waals surface area contributed by atoms with Crippen LogP contribution < -0.4 is 0 Å². The number of nitrogens with zero attached hydrogens (tertiary/aromatic N) is 2. The number of benzene rings is 2. The number of oxime groups is 1. The summed E-state index contributed by atoms with van der Waals surface area (Å²) in [5.41, 5.74) is -2.50. The minimum Gasteiger partial charge on any atom is -0.374 e. The summed E-state index contributed by atoms with van der Waals surface area (Å²) in [6, 6.07) is 5.96. The number of amides is 1. The summed E-state index contributed by atoms with van der Waals surface area (Å²) in [6.07, 6.45) is -4.16. The Morgan fingerprint density at radius 2 is 1.76 bits per heavy atom. The molecule has 0 bridgehead atoms. The Hall–Kier alpha value is -2.17. The summed E-state index contributed by atoms with van der Waals surface area (Å²) >= 11 is 11.4. The van der Waals surface area contributed by atoms with E-state index in [-0.39, 0.29) is 11.3 Å². The highest BCUT2D eigenvalue weighted by Crippen LogP contribution is 2.50. The Kier molecular flexibility index (Phi) is 6.46. The van der Waals surface area contributed by atoms with E-state index in [2.05, 4.69) is 9.52 Å². The van der Waals surface area contributed by atoms with Crippen LogP contribution in [0, 0.1) is 12.7 Å². The lowest BCUT2D eigenvalue weighted by Gasteiger charge is -2.29. The fourth-order valence-electron chi connectivity index (χ4n) is 3.98. The van der Waals surface area contributed by atoms with E-state index in [1.54, 1.807) is 6.92 Å². The molecule has 0 aliphatic carbocycles. The monoisotopic (exact) mass is 536 g/mol. The fraction of sp³-hybridized carbons (Fsp3) is 0.364. The molecule has 2 aromatic carbocycles. The van der Waals surface area contributed by atoms with Crippen LogP contribution in [0.5, 0.6) is 0 Å². The quantitative estimate of drug-likeness (QED) is 0.335. The van der Waals surface area contributed by atoms with E-state index in [0.717, 1.165) is 25.0 Å². The lowest BCUT2D eigenvalue weighted by atomic mass is 9.86. The molecule has 1 atom stereocenters. The summed E-state index contributed by atoms with van der Waals surface area (Å²) in [4.78, 5) is 17.5. The van der Waals surface area contributed by atoms with Crippen LogP contribution in [0.2, 0.25) is 10.0 Å². The van der Waals surface area contributed by atoms with E-state index in [9.17, 15) is 26.6 Å². The van der Waals surface area contributed by atoms with Gasteiger partial charge in [-0.1, -0.05) is 34.4 Å². The number of carbonyl (C=O) groups excluding carboxylic acids is 1. The van der Waals surface area contributed by atoms with Gasteiger partial charge in [0.1, 0.15) is 0 Å². The standard InChI is InChI=1S/C22H18Cl2F4N2O3S/c1-12-8-13(4-5-15(12)20(31)30-34(32)6-2-3-7-34)18-11-21(33-29-18,22(26,27)28)14-9-16(23)19(25)17(24)10-14/h4-5,8-10H,2-3,6-7,11H2,1H3. The molecule has 0 spiro atoms. The van der Waals surface area contributed by atoms with Crippen molar-refractivity contribution in [1.82, 2.24) is 0 Å². The molecule has 1 saturated heterocycles. The van der Waals surface area contributed by atoms with Crippen LogP contribution in [0.4, 0.5) is 17.6 Å². The first-order chi connectivity index (χ1) is 15.9. The molecule has 0 saturated carbocycles. The average Bonchev–Trinajstić information content (AvgIpc) is 3.39. The zero-order chi connectivity index (χ0) is 24.9. The normalized spacial score (nSPS) is 21.8. The van der Waals surface area contributed by atoms with Gasteiger partial charge in [0, 0.05) is 29.1 Å². The van der Waals surface area contributed by atoms with Crippen molar-refractivity contribution in [2.75, 3.05) is 11.5 Å². The molecule has 5 nitrogen and oxygen atoms in total. The van der Waals surface area contributed by atoms with Crippen LogP contribution in [0.25, 0.3) is 0 Å². The third-order valence-corrected chi connectivity index (χ3v) is 8.75. The zero-order valence-corrected chi connectivity index (χ0v) is 20.0. The van der Waals surface area contributed by atoms with E-state index in [4.69, 9.17) is 28.0 Å². The average molecular weight is 537 g/mol. The smallest absolute Gasteiger partial charge is 0.374 e. The largest absolute Gasteiger partial charge is 0.435 e. The van der Waals surface area contributed by atoms with Crippen molar-refractivity contribution in [1.29, 1.82) is 0 Å². The van der Waals surface area contributed by atoms with Crippen LogP contribution in [0.3, 0.4) is 0 Å². The zero-order valence-electron chi connectivity index (χ0n) is 17.7. The van der Waals surface area contributed by atoms with E-state index >= 15 is 0 Å². The SMILES string of the molecule is Cc1cc(C2=NOC(c3cc(Cl)c(F)c(Cl)c3)(C(F)(F)F)C2)ccc1C(=O)N=S1(=O)CCCC1. The summed E-state index contributed by atoms with van der Waals surface area (Å²) in [7, 11) is -2.56. The number of rotatable bonds is 3. The lowest BCUT2D eigenvalue weighted by Crippen LogP contribution is -2.42. The maximum Gasteiger partial charge on any atom is 0.435 e. The van der Waals surface area contributed by atoms with Gasteiger partial charge in [-0.05, 0) is 55.2 Å². The molecule has 4 rings (SSSR count). The van der Waals surface area contributed by atoms with Crippen molar-refractivity contribution in [2.24, 2.45) is 9.52 Å². The predicted molar refractivity (Wildman–Crippen MR) is 121 cm³/mol. The summed E-state index contributed by atoms with van der Waals surface area (Å²) in [5.74, 6) is -0.910. The molecule has 0 N–H and O–H groups in total. The van der Waals surface area contributed by atoms with Crippen LogP contribution in [-0.2, 0) is 20.2 Å². The van der Waals surface area contributed by atoms with Crippen molar-refractivity contribution < 1.29 is 31.4 Å². The molecule has 182 valence electrons. The first-order valence-electron chi connectivity index (χ1n) is 10.2. The molecule has 2 aliphatic heterocycles. The molecule has 12 heteroatoms. The minimum absolute atomic E-state index is 0.0327. The van der Waals surface area contributed by atoms with Crippen molar-refractivity contribution in [3.8, 4) is 0 Å². The number of aryl methyl sites for hydroxylation is 1. The topological polar surface area (TPSA) is 68.1 Å². The summed E-state index contributed by atoms with van der Waals surface area (Å²) in [5, 5.41) is 2.50. The van der Waals surface area contributed by atoms with Gasteiger partial charge in [-0.25, -0.2) is 8.60 Å². The number of halogens is 6. The van der Waals surface area contributed by atoms with Crippen molar-refractivity contribution in [3.63, 3.8) is 0 Å². The predicted octanol–water partition coefficient (Wildman–Crippen LogP) is 6.43. The molecular weight excluding hydrogens is 519 g/mol. The minimum atomic E-state index is -4.93. The van der Waals surface area contributed by atoms with Gasteiger partial charge in [0.15, 0.2) is 5.82 Å². The van der Waals surface area contributed by atoms with Gasteiger partial charge in [0.2, 0.25) is 0 Å². The Morgan fingerprint density at radius 1 is 1.15 bits per heavy atom. The van der Waals surface area contributed by atoms with Crippen molar-refractivity contribution in [3.05, 3.63) is 68.4 Å². The molecule has 1 unspecified atom stereocenters. The van der Waals surface area contributed by atoms with E-state index in [1.165, 1.54) is 18.2 Å². The van der Waals surface area contributed by atoms with Crippen LogP contribution in [-0.4, -0.2) is 33.5 Å². The van der Waals surface area contributed by atoms with Gasteiger partial charge in [-0.3, -0.25) is 4.79 Å². The first kappa shape index (κ1) is 24.9. The van der Waals surface area contributed by atoms with E-state index in [0.29, 0.717) is 22.6 Å².